The molecule has 1 N–H and O–H groups in total. The quantitative estimate of drug-likeness (QED) is 0.517. The fourth-order valence-electron chi connectivity index (χ4n) is 1.05. The molecule has 0 aliphatic rings. The Morgan fingerprint density at radius 3 is 2.62 bits per heavy atom. The third-order valence-corrected chi connectivity index (χ3v) is 2.28. The van der Waals surface area contributed by atoms with Gasteiger partial charge in [0.2, 0.25) is 0 Å². The highest BCUT2D eigenvalue weighted by Crippen LogP contribution is 2.22. The summed E-state index contributed by atoms with van der Waals surface area (Å²) in [7, 11) is 0. The average molecular weight is 263 g/mol. The van der Waals surface area contributed by atoms with Crippen molar-refractivity contribution >= 4 is 40.5 Å². The van der Waals surface area contributed by atoms with Gasteiger partial charge in [-0.15, -0.1) is 0 Å². The van der Waals surface area contributed by atoms with Gasteiger partial charge < -0.3 is 5.32 Å². The van der Waals surface area contributed by atoms with Gasteiger partial charge in [0.05, 0.1) is 10.6 Å². The standard InChI is InChI=1S/C9H8Cl2N2O3/c1-5-2-3-6(13(15)16)4-7(5)12-9(14)8(10)11/h2-4,8H,1H3,(H,12,14). The van der Waals surface area contributed by atoms with Crippen LogP contribution in [0.15, 0.2) is 18.2 Å². The van der Waals surface area contributed by atoms with Gasteiger partial charge in [-0.05, 0) is 12.5 Å². The van der Waals surface area contributed by atoms with Crippen molar-refractivity contribution in [3.63, 3.8) is 0 Å². The van der Waals surface area contributed by atoms with Crippen LogP contribution in [0.4, 0.5) is 11.4 Å². The number of hydrogen-bond acceptors (Lipinski definition) is 3. The van der Waals surface area contributed by atoms with E-state index in [0.717, 1.165) is 0 Å². The van der Waals surface area contributed by atoms with E-state index in [4.69, 9.17) is 23.2 Å². The number of nitro benzene ring substituents is 1. The van der Waals surface area contributed by atoms with Crippen molar-refractivity contribution < 1.29 is 9.72 Å². The van der Waals surface area contributed by atoms with E-state index in [-0.39, 0.29) is 5.69 Å². The largest absolute Gasteiger partial charge is 0.323 e. The van der Waals surface area contributed by atoms with Crippen molar-refractivity contribution in [1.82, 2.24) is 0 Å². The minimum absolute atomic E-state index is 0.110. The molecule has 0 radical (unpaired) electrons. The lowest BCUT2D eigenvalue weighted by Crippen LogP contribution is -2.19. The Morgan fingerprint density at radius 1 is 1.50 bits per heavy atom. The summed E-state index contributed by atoms with van der Waals surface area (Å²) < 4.78 is 0. The van der Waals surface area contributed by atoms with Gasteiger partial charge in [-0.3, -0.25) is 14.9 Å². The Bertz CT molecular complexity index is 435. The van der Waals surface area contributed by atoms with Gasteiger partial charge in [0, 0.05) is 12.1 Å². The van der Waals surface area contributed by atoms with E-state index in [9.17, 15) is 14.9 Å². The van der Waals surface area contributed by atoms with E-state index in [0.29, 0.717) is 11.3 Å². The fraction of sp³-hybridized carbons (Fsp3) is 0.222. The molecule has 0 spiro atoms. The third-order valence-electron chi connectivity index (χ3n) is 1.89. The van der Waals surface area contributed by atoms with Gasteiger partial charge in [0.15, 0.2) is 4.84 Å². The van der Waals surface area contributed by atoms with Crippen molar-refractivity contribution in [2.24, 2.45) is 0 Å². The number of alkyl halides is 2. The van der Waals surface area contributed by atoms with Crippen molar-refractivity contribution in [2.75, 3.05) is 5.32 Å². The van der Waals surface area contributed by atoms with Gasteiger partial charge >= 0.3 is 0 Å². The smallest absolute Gasteiger partial charge is 0.271 e. The number of nitrogens with zero attached hydrogens (tertiary/aromatic N) is 1. The number of nitrogens with one attached hydrogen (secondary N) is 1. The molecular formula is C9H8Cl2N2O3. The number of hydrogen-bond donors (Lipinski definition) is 1. The normalized spacial score (nSPS) is 10.2. The second-order valence-corrected chi connectivity index (χ2v) is 4.14. The zero-order chi connectivity index (χ0) is 12.3. The Labute approximate surface area is 101 Å². The van der Waals surface area contributed by atoms with E-state index in [1.807, 2.05) is 0 Å². The number of halogens is 2. The lowest BCUT2D eigenvalue weighted by atomic mass is 10.2. The van der Waals surface area contributed by atoms with E-state index in [2.05, 4.69) is 5.32 Å². The monoisotopic (exact) mass is 262 g/mol. The van der Waals surface area contributed by atoms with Gasteiger partial charge in [0.25, 0.3) is 11.6 Å². The van der Waals surface area contributed by atoms with E-state index in [1.54, 1.807) is 6.92 Å². The lowest BCUT2D eigenvalue weighted by molar-refractivity contribution is -0.384. The van der Waals surface area contributed by atoms with Crippen LogP contribution in [0.25, 0.3) is 0 Å². The molecule has 86 valence electrons. The number of benzene rings is 1. The lowest BCUT2D eigenvalue weighted by Gasteiger charge is -2.08. The molecule has 1 amide bonds. The number of amides is 1. The molecule has 0 saturated heterocycles. The van der Waals surface area contributed by atoms with Crippen LogP contribution < -0.4 is 5.32 Å². The molecular weight excluding hydrogens is 255 g/mol. The molecule has 0 unspecified atom stereocenters. The number of aryl methyl sites for hydroxylation is 1. The number of rotatable bonds is 3. The van der Waals surface area contributed by atoms with Crippen LogP contribution in [0, 0.1) is 17.0 Å². The molecule has 7 heteroatoms. The first-order valence-electron chi connectivity index (χ1n) is 4.26. The highest BCUT2D eigenvalue weighted by atomic mass is 35.5. The van der Waals surface area contributed by atoms with Gasteiger partial charge in [-0.2, -0.15) is 0 Å². The summed E-state index contributed by atoms with van der Waals surface area (Å²) in [6.07, 6.45) is 0. The SMILES string of the molecule is Cc1ccc([N+](=O)[O-])cc1NC(=O)C(Cl)Cl. The molecule has 1 aromatic carbocycles. The molecule has 0 bridgehead atoms. The minimum Gasteiger partial charge on any atom is -0.323 e. The second kappa shape index (κ2) is 5.14. The highest BCUT2D eigenvalue weighted by molar-refractivity contribution is 6.54. The van der Waals surface area contributed by atoms with Crippen LogP contribution in [-0.4, -0.2) is 15.7 Å². The second-order valence-electron chi connectivity index (χ2n) is 3.05. The van der Waals surface area contributed by atoms with Crippen LogP contribution >= 0.6 is 23.2 Å². The number of anilines is 1. The topological polar surface area (TPSA) is 72.2 Å². The molecule has 0 saturated carbocycles. The minimum atomic E-state index is -1.21. The van der Waals surface area contributed by atoms with E-state index < -0.39 is 15.7 Å². The van der Waals surface area contributed by atoms with Gasteiger partial charge in [0.1, 0.15) is 0 Å². The molecule has 16 heavy (non-hydrogen) atoms. The Hall–Kier alpha value is -1.33. The summed E-state index contributed by atoms with van der Waals surface area (Å²) in [4.78, 5) is 20.0. The molecule has 1 rings (SSSR count). The molecule has 0 atom stereocenters. The molecule has 1 aromatic rings. The van der Waals surface area contributed by atoms with Crippen molar-refractivity contribution in [3.8, 4) is 0 Å². The molecule has 0 aliphatic carbocycles. The third kappa shape index (κ3) is 3.08. The number of carbonyl (C=O) groups is 1. The first-order chi connectivity index (χ1) is 7.41. The maximum Gasteiger partial charge on any atom is 0.271 e. The first kappa shape index (κ1) is 12.7. The summed E-state index contributed by atoms with van der Waals surface area (Å²) in [5.41, 5.74) is 0.903. The predicted molar refractivity (Wildman–Crippen MR) is 62.0 cm³/mol. The number of non-ortho nitro benzene ring substituents is 1. The Balaban J connectivity index is 2.99. The molecule has 0 aromatic heterocycles. The van der Waals surface area contributed by atoms with Gasteiger partial charge in [-0.1, -0.05) is 29.3 Å². The first-order valence-corrected chi connectivity index (χ1v) is 5.13. The van der Waals surface area contributed by atoms with Gasteiger partial charge in [-0.25, -0.2) is 0 Å². The molecule has 0 heterocycles. The highest BCUT2D eigenvalue weighted by Gasteiger charge is 2.15. The molecule has 0 fully saturated rings. The van der Waals surface area contributed by atoms with E-state index >= 15 is 0 Å². The van der Waals surface area contributed by atoms with Crippen LogP contribution in [0.2, 0.25) is 0 Å². The predicted octanol–water partition coefficient (Wildman–Crippen LogP) is 2.65. The summed E-state index contributed by atoms with van der Waals surface area (Å²) in [5, 5.41) is 12.9. The Kier molecular flexibility index (Phi) is 4.09. The van der Waals surface area contributed by atoms with Crippen LogP contribution in [0.3, 0.4) is 0 Å². The summed E-state index contributed by atoms with van der Waals surface area (Å²) in [6.45, 7) is 1.71. The summed E-state index contributed by atoms with van der Waals surface area (Å²) in [6, 6.07) is 4.14. The van der Waals surface area contributed by atoms with Crippen molar-refractivity contribution in [1.29, 1.82) is 0 Å². The Morgan fingerprint density at radius 2 is 2.12 bits per heavy atom. The maximum atomic E-state index is 11.2. The summed E-state index contributed by atoms with van der Waals surface area (Å²) in [5.74, 6) is -0.619. The zero-order valence-electron chi connectivity index (χ0n) is 8.24. The van der Waals surface area contributed by atoms with E-state index in [1.165, 1.54) is 18.2 Å². The molecule has 5 nitrogen and oxygen atoms in total. The number of nitro groups is 1. The summed E-state index contributed by atoms with van der Waals surface area (Å²) >= 11 is 10.7. The average Bonchev–Trinajstić information content (AvgIpc) is 2.20. The van der Waals surface area contributed by atoms with Crippen LogP contribution in [0.5, 0.6) is 0 Å². The van der Waals surface area contributed by atoms with Crippen molar-refractivity contribution in [2.45, 2.75) is 11.8 Å². The molecule has 0 aliphatic heterocycles. The zero-order valence-corrected chi connectivity index (χ0v) is 9.75. The van der Waals surface area contributed by atoms with Crippen LogP contribution in [0.1, 0.15) is 5.56 Å². The van der Waals surface area contributed by atoms with Crippen LogP contribution in [-0.2, 0) is 4.79 Å². The maximum absolute atomic E-state index is 11.2. The fourth-order valence-corrected chi connectivity index (χ4v) is 1.15. The number of carbonyl (C=O) groups excluding carboxylic acids is 1. The van der Waals surface area contributed by atoms with Crippen molar-refractivity contribution in [3.05, 3.63) is 33.9 Å².